The molecule has 0 spiro atoms. The molecule has 160 valence electrons. The molecule has 1 aliphatic rings. The van der Waals surface area contributed by atoms with Gasteiger partial charge < -0.3 is 10.3 Å². The van der Waals surface area contributed by atoms with Gasteiger partial charge >= 0.3 is 0 Å². The Kier molecular flexibility index (Phi) is 6.50. The van der Waals surface area contributed by atoms with Gasteiger partial charge in [-0.25, -0.2) is 9.37 Å². The molecule has 3 aromatic rings. The molecule has 2 N–H and O–H groups in total. The summed E-state index contributed by atoms with van der Waals surface area (Å²) < 4.78 is 13.5. The molecule has 1 fully saturated rings. The van der Waals surface area contributed by atoms with E-state index in [1.165, 1.54) is 31.0 Å². The average Bonchev–Trinajstić information content (AvgIpc) is 3.27. The van der Waals surface area contributed by atoms with E-state index in [1.54, 1.807) is 36.7 Å². The number of nitrogens with zero attached hydrogens (tertiary/aromatic N) is 2. The number of pyridine rings is 1. The average molecular weight is 420 g/mol. The third-order valence-corrected chi connectivity index (χ3v) is 5.72. The molecular weight excluding hydrogens is 395 g/mol. The van der Waals surface area contributed by atoms with Crippen LogP contribution in [0.15, 0.2) is 59.7 Å². The number of hydrogen-bond donors (Lipinski definition) is 2. The molecule has 0 saturated heterocycles. The van der Waals surface area contributed by atoms with Gasteiger partial charge in [0.05, 0.1) is 11.7 Å². The molecular formula is C24H25FN4O2. The summed E-state index contributed by atoms with van der Waals surface area (Å²) >= 11 is 0. The van der Waals surface area contributed by atoms with E-state index >= 15 is 0 Å². The van der Waals surface area contributed by atoms with Crippen molar-refractivity contribution >= 4 is 5.91 Å². The topological polar surface area (TPSA) is 87.7 Å². The minimum atomic E-state index is -0.408. The Hall–Kier alpha value is -3.35. The fourth-order valence-electron chi connectivity index (χ4n) is 4.15. The van der Waals surface area contributed by atoms with E-state index < -0.39 is 6.04 Å². The second-order valence-corrected chi connectivity index (χ2v) is 8.05. The molecule has 1 aliphatic carbocycles. The zero-order chi connectivity index (χ0) is 21.6. The number of carbonyl (C=O) groups is 1. The van der Waals surface area contributed by atoms with Gasteiger partial charge in [0.15, 0.2) is 0 Å². The first-order chi connectivity index (χ1) is 15.1. The lowest BCUT2D eigenvalue weighted by Crippen LogP contribution is -2.31. The quantitative estimate of drug-likeness (QED) is 0.606. The van der Waals surface area contributed by atoms with Crippen LogP contribution < -0.4 is 10.9 Å². The Morgan fingerprint density at radius 3 is 2.55 bits per heavy atom. The van der Waals surface area contributed by atoms with Crippen LogP contribution in [0.3, 0.4) is 0 Å². The molecule has 2 heterocycles. The molecule has 6 nitrogen and oxygen atoms in total. The van der Waals surface area contributed by atoms with Crippen LogP contribution in [-0.2, 0) is 11.2 Å². The molecule has 4 rings (SSSR count). The number of H-pyrrole nitrogens is 1. The number of benzene rings is 1. The fraction of sp³-hybridized carbons (Fsp3) is 0.333. The van der Waals surface area contributed by atoms with Crippen molar-refractivity contribution in [3.8, 4) is 11.4 Å². The standard InChI is InChI=1S/C24H25FN4O2/c25-19-7-5-17(6-8-19)21(28-22(30)13-16-3-1-2-4-16)14-20-15-23(31)29-24(27-20)18-9-11-26-12-10-18/h5-12,15-16,21H,1-4,13-14H2,(H,28,30)(H,27,29,31)/t21-/m1/s1. The summed E-state index contributed by atoms with van der Waals surface area (Å²) in [6.07, 6.45) is 8.59. The second-order valence-electron chi connectivity index (χ2n) is 8.05. The zero-order valence-electron chi connectivity index (χ0n) is 17.2. The minimum Gasteiger partial charge on any atom is -0.349 e. The summed E-state index contributed by atoms with van der Waals surface area (Å²) in [5.41, 5.74) is 1.80. The van der Waals surface area contributed by atoms with E-state index in [-0.39, 0.29) is 17.3 Å². The first kappa shape index (κ1) is 20.9. The predicted molar refractivity (Wildman–Crippen MR) is 116 cm³/mol. The smallest absolute Gasteiger partial charge is 0.251 e. The maximum Gasteiger partial charge on any atom is 0.251 e. The minimum absolute atomic E-state index is 0.0274. The summed E-state index contributed by atoms with van der Waals surface area (Å²) in [5.74, 6) is 0.499. The molecule has 2 aromatic heterocycles. The predicted octanol–water partition coefficient (Wildman–Crippen LogP) is 3.95. The van der Waals surface area contributed by atoms with Crippen LogP contribution in [0, 0.1) is 11.7 Å². The Labute approximate surface area is 180 Å². The number of aromatic amines is 1. The van der Waals surface area contributed by atoms with E-state index in [2.05, 4.69) is 20.3 Å². The van der Waals surface area contributed by atoms with Crippen molar-refractivity contribution < 1.29 is 9.18 Å². The molecule has 1 aromatic carbocycles. The van der Waals surface area contributed by atoms with Crippen LogP contribution in [0.25, 0.3) is 11.4 Å². The van der Waals surface area contributed by atoms with Crippen molar-refractivity contribution in [2.24, 2.45) is 5.92 Å². The third-order valence-electron chi connectivity index (χ3n) is 5.72. The van der Waals surface area contributed by atoms with Gasteiger partial charge in [0.25, 0.3) is 5.56 Å². The summed E-state index contributed by atoms with van der Waals surface area (Å²) in [6.45, 7) is 0. The Morgan fingerprint density at radius 1 is 1.13 bits per heavy atom. The van der Waals surface area contributed by atoms with Gasteiger partial charge in [-0.1, -0.05) is 25.0 Å². The number of carbonyl (C=O) groups excluding carboxylic acids is 1. The maximum absolute atomic E-state index is 13.5. The number of aromatic nitrogens is 3. The number of nitrogens with one attached hydrogen (secondary N) is 2. The largest absolute Gasteiger partial charge is 0.349 e. The van der Waals surface area contributed by atoms with E-state index in [9.17, 15) is 14.0 Å². The monoisotopic (exact) mass is 420 g/mol. The van der Waals surface area contributed by atoms with E-state index in [0.29, 0.717) is 30.3 Å². The van der Waals surface area contributed by atoms with Crippen LogP contribution in [-0.4, -0.2) is 20.9 Å². The molecule has 1 amide bonds. The highest BCUT2D eigenvalue weighted by molar-refractivity contribution is 5.76. The SMILES string of the molecule is O=C(CC1CCCC1)N[C@H](Cc1cc(=O)[nH]c(-c2ccncc2)n1)c1ccc(F)cc1. The maximum atomic E-state index is 13.5. The van der Waals surface area contributed by atoms with Crippen LogP contribution in [0.5, 0.6) is 0 Å². The fourth-order valence-corrected chi connectivity index (χ4v) is 4.15. The first-order valence-electron chi connectivity index (χ1n) is 10.6. The van der Waals surface area contributed by atoms with Crippen molar-refractivity contribution in [2.45, 2.75) is 44.6 Å². The first-order valence-corrected chi connectivity index (χ1v) is 10.6. The molecule has 0 radical (unpaired) electrons. The molecule has 31 heavy (non-hydrogen) atoms. The number of halogens is 1. The Balaban J connectivity index is 1.58. The van der Waals surface area contributed by atoms with Crippen molar-refractivity contribution in [2.75, 3.05) is 0 Å². The van der Waals surface area contributed by atoms with Gasteiger partial charge in [-0.15, -0.1) is 0 Å². The second kappa shape index (κ2) is 9.64. The van der Waals surface area contributed by atoms with Crippen molar-refractivity contribution in [1.29, 1.82) is 0 Å². The number of hydrogen-bond acceptors (Lipinski definition) is 4. The van der Waals surface area contributed by atoms with Crippen molar-refractivity contribution in [3.05, 3.63) is 82.3 Å². The summed E-state index contributed by atoms with van der Waals surface area (Å²) in [7, 11) is 0. The highest BCUT2D eigenvalue weighted by Crippen LogP contribution is 2.28. The summed E-state index contributed by atoms with van der Waals surface area (Å²) in [5, 5.41) is 3.08. The van der Waals surface area contributed by atoms with Crippen LogP contribution in [0.1, 0.15) is 49.4 Å². The molecule has 7 heteroatoms. The van der Waals surface area contributed by atoms with Gasteiger partial charge in [0.1, 0.15) is 11.6 Å². The third kappa shape index (κ3) is 5.63. The Morgan fingerprint density at radius 2 is 1.84 bits per heavy atom. The van der Waals surface area contributed by atoms with Gasteiger partial charge in [0.2, 0.25) is 5.91 Å². The van der Waals surface area contributed by atoms with Crippen LogP contribution >= 0.6 is 0 Å². The lowest BCUT2D eigenvalue weighted by molar-refractivity contribution is -0.122. The molecule has 1 saturated carbocycles. The molecule has 1 atom stereocenters. The van der Waals surface area contributed by atoms with Gasteiger partial charge in [0, 0.05) is 36.9 Å². The van der Waals surface area contributed by atoms with E-state index in [4.69, 9.17) is 0 Å². The molecule has 0 unspecified atom stereocenters. The van der Waals surface area contributed by atoms with Gasteiger partial charge in [-0.3, -0.25) is 14.6 Å². The van der Waals surface area contributed by atoms with Crippen LogP contribution in [0.2, 0.25) is 0 Å². The summed E-state index contributed by atoms with van der Waals surface area (Å²) in [4.78, 5) is 36.3. The van der Waals surface area contributed by atoms with Crippen LogP contribution in [0.4, 0.5) is 4.39 Å². The van der Waals surface area contributed by atoms with E-state index in [0.717, 1.165) is 24.0 Å². The van der Waals surface area contributed by atoms with Gasteiger partial charge in [-0.05, 0) is 48.6 Å². The highest BCUT2D eigenvalue weighted by atomic mass is 19.1. The van der Waals surface area contributed by atoms with Crippen molar-refractivity contribution in [3.63, 3.8) is 0 Å². The number of rotatable bonds is 7. The summed E-state index contributed by atoms with van der Waals surface area (Å²) in [6, 6.07) is 10.6. The van der Waals surface area contributed by atoms with E-state index in [1.807, 2.05) is 0 Å². The van der Waals surface area contributed by atoms with Crippen molar-refractivity contribution in [1.82, 2.24) is 20.3 Å². The molecule has 0 aliphatic heterocycles. The normalized spacial score (nSPS) is 15.0. The highest BCUT2D eigenvalue weighted by Gasteiger charge is 2.22. The lowest BCUT2D eigenvalue weighted by atomic mass is 9.99. The zero-order valence-corrected chi connectivity index (χ0v) is 17.2. The van der Waals surface area contributed by atoms with Gasteiger partial charge in [-0.2, -0.15) is 0 Å². The lowest BCUT2D eigenvalue weighted by Gasteiger charge is -2.20. The number of amides is 1. The Bertz CT molecular complexity index is 1080. The molecule has 0 bridgehead atoms.